The number of Topliss-reactive ketones (excluding diaryl/α,β-unsaturated/α-hetero) is 2. The van der Waals surface area contributed by atoms with Crippen LogP contribution in [0.3, 0.4) is 0 Å². The summed E-state index contributed by atoms with van der Waals surface area (Å²) in [5, 5.41) is 54.7. The summed E-state index contributed by atoms with van der Waals surface area (Å²) in [6, 6.07) is 0.527. The molecule has 5 atom stereocenters. The number of aromatic hydroxyl groups is 1. The molecule has 1 saturated carbocycles. The zero-order valence-corrected chi connectivity index (χ0v) is 23.4. The fraction of sp³-hybridized carbons (Fsp3) is 0.552. The van der Waals surface area contributed by atoms with Crippen LogP contribution in [0.1, 0.15) is 42.4 Å². The molecule has 12 heteroatoms. The van der Waals surface area contributed by atoms with E-state index < -0.39 is 58.0 Å². The van der Waals surface area contributed by atoms with Gasteiger partial charge in [-0.3, -0.25) is 24.2 Å². The van der Waals surface area contributed by atoms with E-state index in [2.05, 4.69) is 4.90 Å². The molecule has 222 valence electrons. The van der Waals surface area contributed by atoms with Crippen molar-refractivity contribution in [2.75, 3.05) is 34.4 Å². The van der Waals surface area contributed by atoms with Gasteiger partial charge in [-0.2, -0.15) is 0 Å². The van der Waals surface area contributed by atoms with E-state index in [0.29, 0.717) is 29.8 Å². The second kappa shape index (κ2) is 10.4. The van der Waals surface area contributed by atoms with Gasteiger partial charge in [0.05, 0.1) is 18.7 Å². The SMILES string of the molecule is COc1c(CN2CCC[C@@H]2CCO)cc(O)c2c1C[C@H]1C[C@H]3[C@H](N(C)C)C(=O)C(C(N)=O)=C(O)[C@@]3(O)C(=O)C1=C2O. The number of hydrogen-bond acceptors (Lipinski definition) is 11. The Kier molecular flexibility index (Phi) is 7.39. The van der Waals surface area contributed by atoms with Crippen LogP contribution in [-0.2, 0) is 27.3 Å². The third-order valence-electron chi connectivity index (χ3n) is 9.29. The molecule has 12 nitrogen and oxygen atoms in total. The van der Waals surface area contributed by atoms with E-state index in [0.717, 1.165) is 19.4 Å². The number of carbonyl (C=O) groups excluding carboxylic acids is 3. The van der Waals surface area contributed by atoms with Crippen molar-refractivity contribution >= 4 is 23.2 Å². The summed E-state index contributed by atoms with van der Waals surface area (Å²) in [6.07, 6.45) is 2.72. The minimum atomic E-state index is -2.68. The number of primary amides is 1. The maximum Gasteiger partial charge on any atom is 0.255 e. The van der Waals surface area contributed by atoms with Crippen LogP contribution in [0.4, 0.5) is 0 Å². The summed E-state index contributed by atoms with van der Waals surface area (Å²) >= 11 is 0. The molecule has 1 aromatic rings. The zero-order valence-electron chi connectivity index (χ0n) is 23.4. The first-order valence-corrected chi connectivity index (χ1v) is 13.8. The van der Waals surface area contributed by atoms with Crippen LogP contribution in [0.15, 0.2) is 23.0 Å². The maximum absolute atomic E-state index is 14.0. The van der Waals surface area contributed by atoms with Crippen LogP contribution in [0, 0.1) is 11.8 Å². The Morgan fingerprint density at radius 3 is 2.56 bits per heavy atom. The van der Waals surface area contributed by atoms with Crippen LogP contribution in [0.5, 0.6) is 11.5 Å². The highest BCUT2D eigenvalue weighted by molar-refractivity contribution is 6.24. The number of ketones is 2. The number of benzene rings is 1. The molecule has 1 aromatic carbocycles. The lowest BCUT2D eigenvalue weighted by Gasteiger charge is -2.50. The molecule has 5 rings (SSSR count). The van der Waals surface area contributed by atoms with Gasteiger partial charge in [0.25, 0.3) is 5.91 Å². The molecule has 1 heterocycles. The lowest BCUT2D eigenvalue weighted by atomic mass is 9.57. The van der Waals surface area contributed by atoms with Gasteiger partial charge < -0.3 is 36.0 Å². The number of likely N-dealkylation sites (N-methyl/N-ethyl adjacent to an activating group) is 1. The van der Waals surface area contributed by atoms with Crippen molar-refractivity contribution in [2.24, 2.45) is 17.6 Å². The lowest BCUT2D eigenvalue weighted by Crippen LogP contribution is -2.65. The van der Waals surface area contributed by atoms with Crippen LogP contribution >= 0.6 is 0 Å². The molecule has 1 saturated heterocycles. The van der Waals surface area contributed by atoms with Crippen molar-refractivity contribution in [3.05, 3.63) is 39.7 Å². The molecule has 4 aliphatic rings. The van der Waals surface area contributed by atoms with Gasteiger partial charge >= 0.3 is 0 Å². The summed E-state index contributed by atoms with van der Waals surface area (Å²) in [4.78, 5) is 43.0. The quantitative estimate of drug-likeness (QED) is 0.247. The average molecular weight is 572 g/mol. The number of aliphatic hydroxyl groups is 4. The number of nitrogens with two attached hydrogens (primary N) is 1. The Hall–Kier alpha value is -3.45. The lowest BCUT2D eigenvalue weighted by molar-refractivity contribution is -0.153. The van der Waals surface area contributed by atoms with E-state index in [4.69, 9.17) is 10.5 Å². The van der Waals surface area contributed by atoms with E-state index in [1.165, 1.54) is 18.1 Å². The number of phenolic OH excluding ortho intramolecular Hbond substituents is 1. The molecule has 0 bridgehead atoms. The first-order chi connectivity index (χ1) is 19.4. The van der Waals surface area contributed by atoms with Gasteiger partial charge in [0.1, 0.15) is 28.6 Å². The largest absolute Gasteiger partial charge is 0.508 e. The van der Waals surface area contributed by atoms with Gasteiger partial charge in [-0.1, -0.05) is 0 Å². The minimum Gasteiger partial charge on any atom is -0.508 e. The minimum absolute atomic E-state index is 0.00443. The summed E-state index contributed by atoms with van der Waals surface area (Å²) in [6.45, 7) is 1.34. The Bertz CT molecular complexity index is 1380. The van der Waals surface area contributed by atoms with Crippen molar-refractivity contribution in [3.8, 4) is 11.5 Å². The number of ether oxygens (including phenoxy) is 1. The maximum atomic E-state index is 14.0. The zero-order chi connectivity index (χ0) is 30.0. The molecule has 0 radical (unpaired) electrons. The van der Waals surface area contributed by atoms with Crippen LogP contribution in [-0.4, -0.2) is 105 Å². The van der Waals surface area contributed by atoms with Crippen molar-refractivity contribution in [2.45, 2.75) is 56.3 Å². The number of methoxy groups -OCH3 is 1. The fourth-order valence-electron chi connectivity index (χ4n) is 7.53. The Morgan fingerprint density at radius 1 is 1.24 bits per heavy atom. The van der Waals surface area contributed by atoms with E-state index in [1.807, 2.05) is 0 Å². The molecule has 1 aliphatic heterocycles. The Balaban J connectivity index is 1.64. The summed E-state index contributed by atoms with van der Waals surface area (Å²) in [5.41, 5.74) is 2.81. The van der Waals surface area contributed by atoms with Crippen molar-refractivity contribution in [1.82, 2.24) is 9.80 Å². The van der Waals surface area contributed by atoms with Crippen molar-refractivity contribution in [3.63, 3.8) is 0 Å². The van der Waals surface area contributed by atoms with E-state index in [9.17, 15) is 39.9 Å². The van der Waals surface area contributed by atoms with Crippen molar-refractivity contribution < 1.29 is 44.7 Å². The van der Waals surface area contributed by atoms with Gasteiger partial charge in [0.15, 0.2) is 11.4 Å². The average Bonchev–Trinajstić information content (AvgIpc) is 3.32. The number of hydrogen-bond donors (Lipinski definition) is 6. The smallest absolute Gasteiger partial charge is 0.255 e. The highest BCUT2D eigenvalue weighted by Crippen LogP contribution is 2.54. The van der Waals surface area contributed by atoms with Gasteiger partial charge in [0.2, 0.25) is 5.78 Å². The second-order valence-corrected chi connectivity index (χ2v) is 11.7. The molecule has 2 fully saturated rings. The number of aliphatic hydroxyl groups excluding tert-OH is 3. The van der Waals surface area contributed by atoms with E-state index in [-0.39, 0.29) is 42.4 Å². The third-order valence-corrected chi connectivity index (χ3v) is 9.29. The number of nitrogens with zero attached hydrogens (tertiary/aromatic N) is 2. The van der Waals surface area contributed by atoms with Crippen LogP contribution < -0.4 is 10.5 Å². The van der Waals surface area contributed by atoms with Gasteiger partial charge in [-0.25, -0.2) is 0 Å². The summed E-state index contributed by atoms with van der Waals surface area (Å²) < 4.78 is 5.80. The molecule has 1 amide bonds. The number of amides is 1. The highest BCUT2D eigenvalue weighted by Gasteiger charge is 2.64. The number of carbonyl (C=O) groups is 3. The predicted octanol–water partition coefficient (Wildman–Crippen LogP) is 0.319. The molecule has 0 spiro atoms. The number of likely N-dealkylation sites (tertiary alicyclic amines) is 1. The molecule has 0 unspecified atom stereocenters. The standard InChI is InChI=1S/C29H37N3O9/c1-31(2)22-17-10-13-9-16-20(18(34)11-14(25(16)41-3)12-32-7-4-5-15(32)6-8-33)23(35)19(13)26(37)29(17,40)27(38)21(24(22)36)28(30)39/h11,13,15,17,22,33-35,38,40H,4-10,12H2,1-3H3,(H2,30,39)/t13-,15+,17-,22-,29-/m0/s1. The van der Waals surface area contributed by atoms with E-state index >= 15 is 0 Å². The van der Waals surface area contributed by atoms with Gasteiger partial charge in [-0.05, 0) is 64.7 Å². The van der Waals surface area contributed by atoms with Gasteiger partial charge in [0, 0.05) is 41.8 Å². The molecule has 7 N–H and O–H groups in total. The topological polar surface area (TPSA) is 194 Å². The van der Waals surface area contributed by atoms with Gasteiger partial charge in [-0.15, -0.1) is 0 Å². The van der Waals surface area contributed by atoms with Crippen LogP contribution in [0.25, 0.3) is 5.76 Å². The molecular formula is C29H37N3O9. The normalized spacial score (nSPS) is 30.0. The molecule has 41 heavy (non-hydrogen) atoms. The fourth-order valence-corrected chi connectivity index (χ4v) is 7.53. The third kappa shape index (κ3) is 4.23. The van der Waals surface area contributed by atoms with Crippen molar-refractivity contribution in [1.29, 1.82) is 0 Å². The summed E-state index contributed by atoms with van der Waals surface area (Å²) in [5.74, 6) is -6.45. The number of phenols is 1. The molecular weight excluding hydrogens is 534 g/mol. The number of fused-ring (bicyclic) bond motifs is 3. The predicted molar refractivity (Wildman–Crippen MR) is 146 cm³/mol. The number of rotatable bonds is 7. The first kappa shape index (κ1) is 29.1. The Morgan fingerprint density at radius 2 is 1.95 bits per heavy atom. The summed E-state index contributed by atoms with van der Waals surface area (Å²) in [7, 11) is 4.61. The first-order valence-electron chi connectivity index (χ1n) is 13.8. The van der Waals surface area contributed by atoms with E-state index in [1.54, 1.807) is 14.1 Å². The molecule has 0 aromatic heterocycles. The van der Waals surface area contributed by atoms with Crippen LogP contribution in [0.2, 0.25) is 0 Å². The highest BCUT2D eigenvalue weighted by atomic mass is 16.5. The monoisotopic (exact) mass is 571 g/mol. The Labute approximate surface area is 237 Å². The second-order valence-electron chi connectivity index (χ2n) is 11.7. The molecule has 3 aliphatic carbocycles.